The second kappa shape index (κ2) is 6.71. The van der Waals surface area contributed by atoms with Crippen molar-refractivity contribution in [3.05, 3.63) is 0 Å². The van der Waals surface area contributed by atoms with Crippen LogP contribution >= 0.6 is 0 Å². The lowest BCUT2D eigenvalue weighted by Crippen LogP contribution is -2.42. The first-order valence-corrected chi connectivity index (χ1v) is 7.93. The highest BCUT2D eigenvalue weighted by molar-refractivity contribution is 7.89. The molecule has 0 spiro atoms. The SMILES string of the molecule is CC(C)NCCCS(=O)(=O)NC(C)C(C)(C)C. The molecule has 0 saturated heterocycles. The van der Waals surface area contributed by atoms with Crippen molar-refractivity contribution in [2.45, 2.75) is 60.0 Å². The molecule has 0 heterocycles. The Kier molecular flexibility index (Phi) is 6.66. The fourth-order valence-corrected chi connectivity index (χ4v) is 2.69. The van der Waals surface area contributed by atoms with Crippen molar-refractivity contribution in [3.63, 3.8) is 0 Å². The van der Waals surface area contributed by atoms with Gasteiger partial charge in [0.05, 0.1) is 5.75 Å². The van der Waals surface area contributed by atoms with Crippen molar-refractivity contribution < 1.29 is 8.42 Å². The van der Waals surface area contributed by atoms with Crippen LogP contribution in [0.5, 0.6) is 0 Å². The zero-order valence-corrected chi connectivity index (χ0v) is 12.8. The van der Waals surface area contributed by atoms with Crippen molar-refractivity contribution in [2.24, 2.45) is 5.41 Å². The minimum Gasteiger partial charge on any atom is -0.314 e. The van der Waals surface area contributed by atoms with Gasteiger partial charge in [0.15, 0.2) is 0 Å². The summed E-state index contributed by atoms with van der Waals surface area (Å²) in [6, 6.07) is 0.352. The average Bonchev–Trinajstić information content (AvgIpc) is 2.10. The van der Waals surface area contributed by atoms with Crippen LogP contribution in [0.3, 0.4) is 0 Å². The standard InChI is InChI=1S/C12H28N2O2S/c1-10(2)13-8-7-9-17(15,16)14-11(3)12(4,5)6/h10-11,13-14H,7-9H2,1-6H3. The molecule has 0 aromatic heterocycles. The molecule has 0 aliphatic heterocycles. The molecule has 0 aromatic rings. The minimum atomic E-state index is -3.15. The Morgan fingerprint density at radius 2 is 1.65 bits per heavy atom. The molecule has 0 bridgehead atoms. The van der Waals surface area contributed by atoms with E-state index in [4.69, 9.17) is 0 Å². The van der Waals surface area contributed by atoms with Gasteiger partial charge >= 0.3 is 0 Å². The summed E-state index contributed by atoms with van der Waals surface area (Å²) in [7, 11) is -3.15. The van der Waals surface area contributed by atoms with Crippen LogP contribution in [0.1, 0.15) is 48.0 Å². The molecule has 0 aliphatic carbocycles. The Morgan fingerprint density at radius 1 is 1.12 bits per heavy atom. The lowest BCUT2D eigenvalue weighted by atomic mass is 9.89. The maximum atomic E-state index is 11.8. The van der Waals surface area contributed by atoms with Gasteiger partial charge in [0, 0.05) is 12.1 Å². The third-order valence-corrected chi connectivity index (χ3v) is 4.34. The molecule has 1 atom stereocenters. The van der Waals surface area contributed by atoms with Crippen molar-refractivity contribution in [3.8, 4) is 0 Å². The first kappa shape index (κ1) is 16.9. The second-order valence-corrected chi connectivity index (χ2v) is 7.86. The largest absolute Gasteiger partial charge is 0.314 e. The fourth-order valence-electron chi connectivity index (χ4n) is 1.16. The lowest BCUT2D eigenvalue weighted by Gasteiger charge is -2.27. The van der Waals surface area contributed by atoms with E-state index in [-0.39, 0.29) is 17.2 Å². The summed E-state index contributed by atoms with van der Waals surface area (Å²) in [6.07, 6.45) is 0.643. The molecule has 0 amide bonds. The predicted molar refractivity (Wildman–Crippen MR) is 73.6 cm³/mol. The molecule has 5 heteroatoms. The first-order chi connectivity index (χ1) is 7.54. The van der Waals surface area contributed by atoms with Gasteiger partial charge in [-0.1, -0.05) is 34.6 Å². The Morgan fingerprint density at radius 3 is 2.06 bits per heavy atom. The molecule has 0 radical (unpaired) electrons. The zero-order valence-electron chi connectivity index (χ0n) is 12.0. The Hall–Kier alpha value is -0.130. The van der Waals surface area contributed by atoms with Gasteiger partial charge in [0.2, 0.25) is 10.0 Å². The molecule has 2 N–H and O–H groups in total. The van der Waals surface area contributed by atoms with Crippen LogP contribution in [0.25, 0.3) is 0 Å². The molecule has 1 unspecified atom stereocenters. The molecule has 0 rings (SSSR count). The highest BCUT2D eigenvalue weighted by atomic mass is 32.2. The summed E-state index contributed by atoms with van der Waals surface area (Å²) in [5, 5.41) is 3.21. The number of sulfonamides is 1. The number of nitrogens with one attached hydrogen (secondary N) is 2. The van der Waals surface area contributed by atoms with Crippen LogP contribution in [-0.2, 0) is 10.0 Å². The van der Waals surface area contributed by atoms with E-state index in [1.807, 2.05) is 27.7 Å². The number of hydrogen-bond acceptors (Lipinski definition) is 3. The second-order valence-electron chi connectivity index (χ2n) is 5.99. The highest BCUT2D eigenvalue weighted by Crippen LogP contribution is 2.19. The van der Waals surface area contributed by atoms with Crippen LogP contribution in [0.4, 0.5) is 0 Å². The monoisotopic (exact) mass is 264 g/mol. The number of rotatable bonds is 7. The molecule has 0 aliphatic rings. The number of hydrogen-bond donors (Lipinski definition) is 2. The van der Waals surface area contributed by atoms with E-state index >= 15 is 0 Å². The zero-order chi connectivity index (χ0) is 13.7. The van der Waals surface area contributed by atoms with Crippen LogP contribution in [0.2, 0.25) is 0 Å². The molecule has 17 heavy (non-hydrogen) atoms. The summed E-state index contributed by atoms with van der Waals surface area (Å²) in [5.74, 6) is 0.188. The summed E-state index contributed by atoms with van der Waals surface area (Å²) >= 11 is 0. The van der Waals surface area contributed by atoms with Crippen LogP contribution < -0.4 is 10.0 Å². The van der Waals surface area contributed by atoms with Gasteiger partial charge in [-0.25, -0.2) is 13.1 Å². The van der Waals surface area contributed by atoms with E-state index in [1.54, 1.807) is 0 Å². The van der Waals surface area contributed by atoms with E-state index in [1.165, 1.54) is 0 Å². The summed E-state index contributed by atoms with van der Waals surface area (Å²) in [5.41, 5.74) is -0.0523. The predicted octanol–water partition coefficient (Wildman–Crippen LogP) is 1.73. The van der Waals surface area contributed by atoms with E-state index in [0.29, 0.717) is 12.5 Å². The van der Waals surface area contributed by atoms with Gasteiger partial charge in [-0.2, -0.15) is 0 Å². The molecule has 0 saturated carbocycles. The third-order valence-electron chi connectivity index (χ3n) is 2.80. The highest BCUT2D eigenvalue weighted by Gasteiger charge is 2.24. The van der Waals surface area contributed by atoms with Gasteiger partial charge in [0.25, 0.3) is 0 Å². The molecular weight excluding hydrogens is 236 g/mol. The molecular formula is C12H28N2O2S. The summed E-state index contributed by atoms with van der Waals surface area (Å²) in [4.78, 5) is 0. The van der Waals surface area contributed by atoms with E-state index in [9.17, 15) is 8.42 Å². The Balaban J connectivity index is 4.05. The van der Waals surface area contributed by atoms with Crippen LogP contribution in [-0.4, -0.2) is 32.8 Å². The van der Waals surface area contributed by atoms with Crippen molar-refractivity contribution in [2.75, 3.05) is 12.3 Å². The normalized spacial score (nSPS) is 15.2. The smallest absolute Gasteiger partial charge is 0.211 e. The van der Waals surface area contributed by atoms with Gasteiger partial charge in [0.1, 0.15) is 0 Å². The maximum Gasteiger partial charge on any atom is 0.211 e. The average molecular weight is 264 g/mol. The Bertz CT molecular complexity index is 305. The molecule has 4 nitrogen and oxygen atoms in total. The molecule has 104 valence electrons. The van der Waals surface area contributed by atoms with E-state index < -0.39 is 10.0 Å². The molecule has 0 aromatic carbocycles. The quantitative estimate of drug-likeness (QED) is 0.689. The van der Waals surface area contributed by atoms with Gasteiger partial charge in [-0.05, 0) is 25.3 Å². The fraction of sp³-hybridized carbons (Fsp3) is 1.00. The molecule has 0 fully saturated rings. The van der Waals surface area contributed by atoms with Crippen molar-refractivity contribution in [1.82, 2.24) is 10.0 Å². The summed E-state index contributed by atoms with van der Waals surface area (Å²) < 4.78 is 26.3. The van der Waals surface area contributed by atoms with Crippen LogP contribution in [0.15, 0.2) is 0 Å². The van der Waals surface area contributed by atoms with E-state index in [0.717, 1.165) is 6.54 Å². The summed E-state index contributed by atoms with van der Waals surface area (Å²) in [6.45, 7) is 12.8. The first-order valence-electron chi connectivity index (χ1n) is 6.28. The third kappa shape index (κ3) is 8.57. The van der Waals surface area contributed by atoms with E-state index in [2.05, 4.69) is 23.9 Å². The van der Waals surface area contributed by atoms with Crippen molar-refractivity contribution >= 4 is 10.0 Å². The van der Waals surface area contributed by atoms with Gasteiger partial charge in [-0.15, -0.1) is 0 Å². The Labute approximate surface area is 107 Å². The van der Waals surface area contributed by atoms with Gasteiger partial charge in [-0.3, -0.25) is 0 Å². The topological polar surface area (TPSA) is 58.2 Å². The van der Waals surface area contributed by atoms with Crippen molar-refractivity contribution in [1.29, 1.82) is 0 Å². The van der Waals surface area contributed by atoms with Crippen LogP contribution in [0, 0.1) is 5.41 Å². The lowest BCUT2D eigenvalue weighted by molar-refractivity contribution is 0.317. The minimum absolute atomic E-state index is 0.0504. The van der Waals surface area contributed by atoms with Gasteiger partial charge < -0.3 is 5.32 Å². The maximum absolute atomic E-state index is 11.8.